The molecule has 2 heterocycles. The van der Waals surface area contributed by atoms with Gasteiger partial charge in [-0.05, 0) is 42.2 Å². The normalized spacial score (nSPS) is 26.8. The summed E-state index contributed by atoms with van der Waals surface area (Å²) in [7, 11) is 0. The quantitative estimate of drug-likeness (QED) is 0.806. The van der Waals surface area contributed by atoms with E-state index in [0.717, 1.165) is 6.42 Å². The number of benzene rings is 2. The maximum absolute atomic E-state index is 12.3. The van der Waals surface area contributed by atoms with Gasteiger partial charge in [-0.3, -0.25) is 4.79 Å². The molecular formula is C18H19NO2. The van der Waals surface area contributed by atoms with Crippen molar-refractivity contribution >= 4 is 16.7 Å². The van der Waals surface area contributed by atoms with Crippen LogP contribution in [0.25, 0.3) is 10.8 Å². The van der Waals surface area contributed by atoms with E-state index >= 15 is 0 Å². The van der Waals surface area contributed by atoms with Crippen molar-refractivity contribution in [2.75, 3.05) is 0 Å². The molecule has 2 atom stereocenters. The third kappa shape index (κ3) is 1.67. The molecule has 1 saturated heterocycles. The van der Waals surface area contributed by atoms with Crippen molar-refractivity contribution < 1.29 is 9.90 Å². The molecular weight excluding hydrogens is 262 g/mol. The number of carbonyl (C=O) groups excluding carboxylic acids is 1. The summed E-state index contributed by atoms with van der Waals surface area (Å²) in [5.74, 6) is -0.121. The number of carbonyl (C=O) groups is 1. The molecule has 0 saturated carbocycles. The fraction of sp³-hybridized carbons (Fsp3) is 0.389. The van der Waals surface area contributed by atoms with Gasteiger partial charge in [-0.15, -0.1) is 0 Å². The number of nitrogens with zero attached hydrogens (tertiary/aromatic N) is 1. The van der Waals surface area contributed by atoms with Crippen LogP contribution in [0.3, 0.4) is 0 Å². The van der Waals surface area contributed by atoms with E-state index in [2.05, 4.69) is 50.2 Å². The van der Waals surface area contributed by atoms with Crippen molar-refractivity contribution in [1.29, 1.82) is 0 Å². The number of amides is 1. The summed E-state index contributed by atoms with van der Waals surface area (Å²) in [5, 5.41) is 12.5. The van der Waals surface area contributed by atoms with E-state index in [1.165, 1.54) is 21.9 Å². The lowest BCUT2D eigenvalue weighted by Gasteiger charge is -2.45. The van der Waals surface area contributed by atoms with Crippen LogP contribution >= 0.6 is 0 Å². The highest BCUT2D eigenvalue weighted by atomic mass is 16.3. The Morgan fingerprint density at radius 1 is 1.19 bits per heavy atom. The van der Waals surface area contributed by atoms with E-state index in [-0.39, 0.29) is 17.5 Å². The highest BCUT2D eigenvalue weighted by Crippen LogP contribution is 2.47. The highest BCUT2D eigenvalue weighted by Gasteiger charge is 2.49. The number of rotatable bonds is 0. The first-order chi connectivity index (χ1) is 9.99. The number of hydrogen-bond donors (Lipinski definition) is 1. The SMILES string of the molecule is CC1(C)Cc2c(ccc3ccccc23)[C@H]2C[C@H](O)C(=O)N21. The minimum Gasteiger partial charge on any atom is -0.383 e. The minimum absolute atomic E-state index is 0.0101. The van der Waals surface area contributed by atoms with Gasteiger partial charge in [0.1, 0.15) is 6.10 Å². The summed E-state index contributed by atoms with van der Waals surface area (Å²) in [6.45, 7) is 4.20. The zero-order valence-corrected chi connectivity index (χ0v) is 12.3. The van der Waals surface area contributed by atoms with Gasteiger partial charge in [0.2, 0.25) is 0 Å². The first kappa shape index (κ1) is 12.8. The number of fused-ring (bicyclic) bond motifs is 5. The van der Waals surface area contributed by atoms with Crippen molar-refractivity contribution in [3.05, 3.63) is 47.5 Å². The lowest BCUT2D eigenvalue weighted by molar-refractivity contribution is -0.140. The number of hydrogen-bond acceptors (Lipinski definition) is 2. The molecule has 1 amide bonds. The Hall–Kier alpha value is -1.87. The first-order valence-electron chi connectivity index (χ1n) is 7.51. The molecule has 0 bridgehead atoms. The second-order valence-corrected chi connectivity index (χ2v) is 6.82. The fourth-order valence-electron chi connectivity index (χ4n) is 4.10. The van der Waals surface area contributed by atoms with Gasteiger partial charge in [0.05, 0.1) is 6.04 Å². The molecule has 108 valence electrons. The van der Waals surface area contributed by atoms with Gasteiger partial charge < -0.3 is 10.0 Å². The molecule has 2 aromatic carbocycles. The smallest absolute Gasteiger partial charge is 0.252 e. The standard InChI is InChI=1S/C18H19NO2/c1-18(2)10-14-12-6-4-3-5-11(12)7-8-13(14)15-9-16(20)17(21)19(15)18/h3-8,15-16,20H,9-10H2,1-2H3/t15-,16+/m1/s1. The summed E-state index contributed by atoms with van der Waals surface area (Å²) in [5.41, 5.74) is 2.29. The van der Waals surface area contributed by atoms with E-state index < -0.39 is 6.10 Å². The Kier molecular flexibility index (Phi) is 2.49. The van der Waals surface area contributed by atoms with Crippen LogP contribution in [-0.4, -0.2) is 27.6 Å². The minimum atomic E-state index is -0.855. The van der Waals surface area contributed by atoms with Crippen LogP contribution in [-0.2, 0) is 11.2 Å². The van der Waals surface area contributed by atoms with Gasteiger partial charge in [0.15, 0.2) is 0 Å². The lowest BCUT2D eigenvalue weighted by Crippen LogP contribution is -2.51. The van der Waals surface area contributed by atoms with Crippen molar-refractivity contribution in [2.45, 2.75) is 44.4 Å². The molecule has 1 fully saturated rings. The van der Waals surface area contributed by atoms with Gasteiger partial charge in [0.25, 0.3) is 5.91 Å². The Labute approximate surface area is 124 Å². The Morgan fingerprint density at radius 3 is 2.76 bits per heavy atom. The van der Waals surface area contributed by atoms with Crippen LogP contribution in [0.2, 0.25) is 0 Å². The van der Waals surface area contributed by atoms with Gasteiger partial charge in [-0.2, -0.15) is 0 Å². The Balaban J connectivity index is 1.98. The zero-order chi connectivity index (χ0) is 14.8. The molecule has 0 radical (unpaired) electrons. The summed E-state index contributed by atoms with van der Waals surface area (Å²) in [4.78, 5) is 14.2. The van der Waals surface area contributed by atoms with Crippen molar-refractivity contribution in [3.63, 3.8) is 0 Å². The summed E-state index contributed by atoms with van der Waals surface area (Å²) in [6.07, 6.45) is 0.485. The van der Waals surface area contributed by atoms with Crippen LogP contribution < -0.4 is 0 Å². The molecule has 2 aliphatic rings. The Morgan fingerprint density at radius 2 is 1.95 bits per heavy atom. The second-order valence-electron chi connectivity index (χ2n) is 6.82. The van der Waals surface area contributed by atoms with Crippen LogP contribution in [0.5, 0.6) is 0 Å². The van der Waals surface area contributed by atoms with Crippen LogP contribution in [0, 0.1) is 0 Å². The molecule has 0 aliphatic carbocycles. The van der Waals surface area contributed by atoms with Crippen LogP contribution in [0.4, 0.5) is 0 Å². The van der Waals surface area contributed by atoms with E-state index in [1.54, 1.807) is 0 Å². The van der Waals surface area contributed by atoms with Crippen molar-refractivity contribution in [1.82, 2.24) is 4.90 Å². The summed E-state index contributed by atoms with van der Waals surface area (Å²) in [6, 6.07) is 12.7. The monoisotopic (exact) mass is 281 g/mol. The molecule has 2 aromatic rings. The largest absolute Gasteiger partial charge is 0.383 e. The summed E-state index contributed by atoms with van der Waals surface area (Å²) >= 11 is 0. The van der Waals surface area contributed by atoms with Crippen molar-refractivity contribution in [3.8, 4) is 0 Å². The number of aliphatic hydroxyl groups is 1. The number of aliphatic hydroxyl groups excluding tert-OH is 1. The summed E-state index contributed by atoms with van der Waals surface area (Å²) < 4.78 is 0. The fourth-order valence-corrected chi connectivity index (χ4v) is 4.10. The molecule has 0 unspecified atom stereocenters. The highest BCUT2D eigenvalue weighted by molar-refractivity contribution is 5.90. The maximum Gasteiger partial charge on any atom is 0.252 e. The molecule has 3 heteroatoms. The molecule has 21 heavy (non-hydrogen) atoms. The molecule has 4 rings (SSSR count). The maximum atomic E-state index is 12.3. The van der Waals surface area contributed by atoms with Crippen molar-refractivity contribution in [2.24, 2.45) is 0 Å². The molecule has 3 nitrogen and oxygen atoms in total. The molecule has 0 spiro atoms. The molecule has 2 aliphatic heterocycles. The van der Waals surface area contributed by atoms with Gasteiger partial charge in [0, 0.05) is 12.0 Å². The van der Waals surface area contributed by atoms with Gasteiger partial charge >= 0.3 is 0 Å². The van der Waals surface area contributed by atoms with E-state index in [9.17, 15) is 9.90 Å². The lowest BCUT2D eigenvalue weighted by atomic mass is 9.80. The zero-order valence-electron chi connectivity index (χ0n) is 12.3. The topological polar surface area (TPSA) is 40.5 Å². The van der Waals surface area contributed by atoms with E-state index in [0.29, 0.717) is 6.42 Å². The van der Waals surface area contributed by atoms with Crippen LogP contribution in [0.1, 0.15) is 37.4 Å². The van der Waals surface area contributed by atoms with Gasteiger partial charge in [-0.1, -0.05) is 36.4 Å². The third-order valence-electron chi connectivity index (χ3n) is 4.98. The second kappa shape index (κ2) is 4.08. The predicted molar refractivity (Wildman–Crippen MR) is 81.9 cm³/mol. The van der Waals surface area contributed by atoms with Gasteiger partial charge in [-0.25, -0.2) is 0 Å². The first-order valence-corrected chi connectivity index (χ1v) is 7.51. The average Bonchev–Trinajstić information content (AvgIpc) is 2.75. The molecule has 1 N–H and O–H groups in total. The predicted octanol–water partition coefficient (Wildman–Crippen LogP) is 2.81. The average molecular weight is 281 g/mol. The van der Waals surface area contributed by atoms with E-state index in [4.69, 9.17) is 0 Å². The van der Waals surface area contributed by atoms with Crippen LogP contribution in [0.15, 0.2) is 36.4 Å². The Bertz CT molecular complexity index is 750. The molecule has 0 aromatic heterocycles. The van der Waals surface area contributed by atoms with E-state index in [1.807, 2.05) is 4.90 Å². The third-order valence-corrected chi connectivity index (χ3v) is 4.98.